The van der Waals surface area contributed by atoms with E-state index in [-0.39, 0.29) is 22.1 Å². The molecule has 9 heteroatoms. The second-order valence-corrected chi connectivity index (χ2v) is 7.93. The van der Waals surface area contributed by atoms with Gasteiger partial charge >= 0.3 is 0 Å². The number of phenolic OH excluding ortho intramolecular Hbond substituents is 1. The molecule has 1 aliphatic rings. The van der Waals surface area contributed by atoms with Crippen LogP contribution in [-0.2, 0) is 10.0 Å². The van der Waals surface area contributed by atoms with E-state index in [2.05, 4.69) is 10.3 Å². The number of hydrogen-bond acceptors (Lipinski definition) is 5. The van der Waals surface area contributed by atoms with Gasteiger partial charge in [0.05, 0.1) is 10.6 Å². The minimum absolute atomic E-state index is 0.00969. The average molecular weight is 397 g/mol. The van der Waals surface area contributed by atoms with Crippen molar-refractivity contribution < 1.29 is 23.1 Å². The van der Waals surface area contributed by atoms with Gasteiger partial charge in [-0.1, -0.05) is 12.1 Å². The van der Waals surface area contributed by atoms with Gasteiger partial charge in [-0.25, -0.2) is 8.42 Å². The molecule has 0 aromatic heterocycles. The summed E-state index contributed by atoms with van der Waals surface area (Å²) in [5.74, 6) is -0.891. The van der Waals surface area contributed by atoms with Crippen LogP contribution in [0.1, 0.15) is 20.7 Å². The third-order valence-electron chi connectivity index (χ3n) is 4.59. The maximum atomic E-state index is 12.8. The van der Waals surface area contributed by atoms with E-state index in [4.69, 9.17) is 0 Å². The maximum absolute atomic E-state index is 12.8. The Balaban J connectivity index is 1.67. The SMILES string of the molecule is CN1C(=O)c2cccc3c(S(=O)(=O)NNC(=O)c4ccc(O)cc4)ccc1c23. The minimum Gasteiger partial charge on any atom is -0.508 e. The lowest BCUT2D eigenvalue weighted by atomic mass is 10.1. The second kappa shape index (κ2) is 6.32. The Kier molecular flexibility index (Phi) is 4.06. The third-order valence-corrected chi connectivity index (χ3v) is 5.90. The molecule has 28 heavy (non-hydrogen) atoms. The fraction of sp³-hybridized carbons (Fsp3) is 0.0526. The fourth-order valence-electron chi connectivity index (χ4n) is 3.20. The molecule has 0 radical (unpaired) electrons. The summed E-state index contributed by atoms with van der Waals surface area (Å²) in [6.45, 7) is 0. The molecule has 0 spiro atoms. The van der Waals surface area contributed by atoms with Crippen LogP contribution in [0.2, 0.25) is 0 Å². The summed E-state index contributed by atoms with van der Waals surface area (Å²) in [7, 11) is -2.47. The van der Waals surface area contributed by atoms with Crippen LogP contribution in [0.4, 0.5) is 5.69 Å². The van der Waals surface area contributed by atoms with E-state index in [1.165, 1.54) is 35.2 Å². The van der Waals surface area contributed by atoms with Gasteiger partial charge in [0.25, 0.3) is 21.8 Å². The van der Waals surface area contributed by atoms with Gasteiger partial charge in [-0.3, -0.25) is 15.0 Å². The zero-order chi connectivity index (χ0) is 20.1. The molecular formula is C19H15N3O5S. The normalized spacial score (nSPS) is 13.2. The molecule has 0 atom stereocenters. The average Bonchev–Trinajstić information content (AvgIpc) is 2.93. The van der Waals surface area contributed by atoms with Crippen LogP contribution in [0.25, 0.3) is 10.8 Å². The summed E-state index contributed by atoms with van der Waals surface area (Å²) in [5, 5.41) is 10.2. The summed E-state index contributed by atoms with van der Waals surface area (Å²) in [6, 6.07) is 13.2. The molecule has 0 fully saturated rings. The summed E-state index contributed by atoms with van der Waals surface area (Å²) in [5.41, 5.74) is 3.38. The Bertz CT molecular complexity index is 1240. The summed E-state index contributed by atoms with van der Waals surface area (Å²) in [6.07, 6.45) is 0. The highest BCUT2D eigenvalue weighted by molar-refractivity contribution is 7.89. The Labute approximate surface area is 160 Å². The number of carbonyl (C=O) groups excluding carboxylic acids is 2. The Morgan fingerprint density at radius 1 is 1.04 bits per heavy atom. The van der Waals surface area contributed by atoms with Crippen molar-refractivity contribution in [2.45, 2.75) is 4.90 Å². The van der Waals surface area contributed by atoms with Crippen LogP contribution in [0.5, 0.6) is 5.75 Å². The van der Waals surface area contributed by atoms with E-state index < -0.39 is 15.9 Å². The number of rotatable bonds is 4. The standard InChI is InChI=1S/C19H15N3O5S/c1-22-15-9-10-16(13-3-2-4-14(17(13)15)19(22)25)28(26,27)21-20-18(24)11-5-7-12(23)8-6-11/h2-10,21,23H,1H3,(H,20,24). The van der Waals surface area contributed by atoms with E-state index in [0.717, 1.165) is 0 Å². The first-order chi connectivity index (χ1) is 13.3. The number of hydrazine groups is 1. The molecule has 0 saturated carbocycles. The van der Waals surface area contributed by atoms with Gasteiger partial charge in [-0.15, -0.1) is 4.83 Å². The second-order valence-electron chi connectivity index (χ2n) is 6.28. The number of anilines is 1. The number of aromatic hydroxyl groups is 1. The molecule has 142 valence electrons. The van der Waals surface area contributed by atoms with Crippen LogP contribution in [0, 0.1) is 0 Å². The number of phenols is 1. The van der Waals surface area contributed by atoms with Gasteiger partial charge in [0.1, 0.15) is 5.75 Å². The van der Waals surface area contributed by atoms with Gasteiger partial charge in [-0.05, 0) is 42.5 Å². The number of nitrogens with zero attached hydrogens (tertiary/aromatic N) is 1. The molecule has 3 aromatic rings. The number of amides is 2. The van der Waals surface area contributed by atoms with Gasteiger partial charge in [0.2, 0.25) is 0 Å². The number of carbonyl (C=O) groups is 2. The smallest absolute Gasteiger partial charge is 0.266 e. The lowest BCUT2D eigenvalue weighted by molar-refractivity contribution is 0.0944. The zero-order valence-corrected chi connectivity index (χ0v) is 15.4. The minimum atomic E-state index is -4.10. The Morgan fingerprint density at radius 3 is 2.46 bits per heavy atom. The molecule has 3 aromatic carbocycles. The van der Waals surface area contributed by atoms with Crippen molar-refractivity contribution in [1.29, 1.82) is 0 Å². The topological polar surface area (TPSA) is 116 Å². The van der Waals surface area contributed by atoms with Crippen LogP contribution in [0.15, 0.2) is 59.5 Å². The highest BCUT2D eigenvalue weighted by Gasteiger charge is 2.30. The van der Waals surface area contributed by atoms with Crippen molar-refractivity contribution in [3.63, 3.8) is 0 Å². The van der Waals surface area contributed by atoms with Crippen molar-refractivity contribution in [3.8, 4) is 5.75 Å². The van der Waals surface area contributed by atoms with Gasteiger partial charge in [0, 0.05) is 28.9 Å². The van der Waals surface area contributed by atoms with Crippen LogP contribution >= 0.6 is 0 Å². The Morgan fingerprint density at radius 2 is 1.75 bits per heavy atom. The monoisotopic (exact) mass is 397 g/mol. The van der Waals surface area contributed by atoms with Crippen molar-refractivity contribution in [3.05, 3.63) is 65.7 Å². The van der Waals surface area contributed by atoms with Crippen molar-refractivity contribution in [2.75, 3.05) is 11.9 Å². The number of nitrogens with one attached hydrogen (secondary N) is 2. The van der Waals surface area contributed by atoms with E-state index in [9.17, 15) is 23.1 Å². The number of hydrogen-bond donors (Lipinski definition) is 3. The molecule has 8 nitrogen and oxygen atoms in total. The molecule has 1 heterocycles. The van der Waals surface area contributed by atoms with Crippen LogP contribution < -0.4 is 15.2 Å². The Hall–Kier alpha value is -3.43. The molecule has 0 unspecified atom stereocenters. The third kappa shape index (κ3) is 2.77. The highest BCUT2D eigenvalue weighted by Crippen LogP contribution is 2.39. The quantitative estimate of drug-likeness (QED) is 0.580. The van der Waals surface area contributed by atoms with Crippen molar-refractivity contribution in [2.24, 2.45) is 0 Å². The number of sulfonamides is 1. The molecule has 3 N–H and O–H groups in total. The van der Waals surface area contributed by atoms with E-state index in [1.807, 2.05) is 0 Å². The largest absolute Gasteiger partial charge is 0.508 e. The molecule has 4 rings (SSSR count). The van der Waals surface area contributed by atoms with Gasteiger partial charge in [0.15, 0.2) is 0 Å². The van der Waals surface area contributed by atoms with Crippen molar-refractivity contribution in [1.82, 2.24) is 10.3 Å². The highest BCUT2D eigenvalue weighted by atomic mass is 32.2. The summed E-state index contributed by atoms with van der Waals surface area (Å²) in [4.78, 5) is 27.9. The predicted molar refractivity (Wildman–Crippen MR) is 103 cm³/mol. The first-order valence-electron chi connectivity index (χ1n) is 8.24. The lowest BCUT2D eigenvalue weighted by Gasteiger charge is -2.13. The maximum Gasteiger partial charge on any atom is 0.266 e. The fourth-order valence-corrected chi connectivity index (χ4v) is 4.24. The van der Waals surface area contributed by atoms with Gasteiger partial charge < -0.3 is 10.0 Å². The molecule has 0 saturated heterocycles. The molecule has 0 bridgehead atoms. The molecular weight excluding hydrogens is 382 g/mol. The van der Waals surface area contributed by atoms with E-state index in [1.54, 1.807) is 31.3 Å². The molecule has 1 aliphatic heterocycles. The zero-order valence-electron chi connectivity index (χ0n) is 14.6. The predicted octanol–water partition coefficient (Wildman–Crippen LogP) is 1.76. The summed E-state index contributed by atoms with van der Waals surface area (Å²) < 4.78 is 25.6. The number of benzene rings is 3. The molecule has 2 amide bonds. The van der Waals surface area contributed by atoms with Crippen molar-refractivity contribution >= 4 is 38.3 Å². The summed E-state index contributed by atoms with van der Waals surface area (Å²) >= 11 is 0. The lowest BCUT2D eigenvalue weighted by Crippen LogP contribution is -2.41. The molecule has 0 aliphatic carbocycles. The first-order valence-corrected chi connectivity index (χ1v) is 9.73. The van der Waals surface area contributed by atoms with E-state index >= 15 is 0 Å². The van der Waals surface area contributed by atoms with Crippen LogP contribution in [0.3, 0.4) is 0 Å². The van der Waals surface area contributed by atoms with Crippen LogP contribution in [-0.4, -0.2) is 32.4 Å². The first kappa shape index (κ1) is 18.0. The van der Waals surface area contributed by atoms with Gasteiger partial charge in [-0.2, -0.15) is 0 Å². The van der Waals surface area contributed by atoms with E-state index in [0.29, 0.717) is 22.0 Å².